The molecule has 0 spiro atoms. The molecule has 5 heteroatoms. The second-order valence-electron chi connectivity index (χ2n) is 3.95. The summed E-state index contributed by atoms with van der Waals surface area (Å²) in [6.45, 7) is 2.10. The minimum Gasteiger partial charge on any atom is -0.481 e. The Bertz CT molecular complexity index is 539. The van der Waals surface area contributed by atoms with Gasteiger partial charge in [-0.15, -0.1) is 0 Å². The molecule has 0 saturated heterocycles. The van der Waals surface area contributed by atoms with E-state index in [9.17, 15) is 0 Å². The highest BCUT2D eigenvalue weighted by Gasteiger charge is 2.07. The third-order valence-electron chi connectivity index (χ3n) is 2.69. The summed E-state index contributed by atoms with van der Waals surface area (Å²) in [5.41, 5.74) is 2.54. The summed E-state index contributed by atoms with van der Waals surface area (Å²) in [7, 11) is 3.16. The van der Waals surface area contributed by atoms with Gasteiger partial charge < -0.3 is 9.47 Å². The van der Waals surface area contributed by atoms with Crippen molar-refractivity contribution in [2.45, 2.75) is 17.8 Å². The summed E-state index contributed by atoms with van der Waals surface area (Å²) in [4.78, 5) is 8.59. The van der Waals surface area contributed by atoms with Crippen molar-refractivity contribution in [3.63, 3.8) is 0 Å². The third-order valence-corrected chi connectivity index (χ3v) is 3.59. The zero-order valence-corrected chi connectivity index (χ0v) is 12.0. The second kappa shape index (κ2) is 6.43. The van der Waals surface area contributed by atoms with E-state index in [-0.39, 0.29) is 0 Å². The van der Waals surface area contributed by atoms with Gasteiger partial charge in [0.2, 0.25) is 11.8 Å². The van der Waals surface area contributed by atoms with Gasteiger partial charge >= 0.3 is 0 Å². The molecule has 0 amide bonds. The van der Waals surface area contributed by atoms with E-state index in [0.717, 1.165) is 5.75 Å². The summed E-state index contributed by atoms with van der Waals surface area (Å²) in [5.74, 6) is 1.85. The lowest BCUT2D eigenvalue weighted by Crippen LogP contribution is -1.96. The zero-order chi connectivity index (χ0) is 13.7. The van der Waals surface area contributed by atoms with Crippen molar-refractivity contribution >= 4 is 11.8 Å². The molecule has 2 rings (SSSR count). The molecule has 0 N–H and O–H groups in total. The van der Waals surface area contributed by atoms with Crippen LogP contribution in [0.15, 0.2) is 35.5 Å². The highest BCUT2D eigenvalue weighted by Crippen LogP contribution is 2.25. The SMILES string of the molecule is COc1cc(OC)nc(SCc2ccccc2C)n1. The minimum absolute atomic E-state index is 0.513. The normalized spacial score (nSPS) is 10.3. The topological polar surface area (TPSA) is 44.2 Å². The molecule has 0 saturated carbocycles. The average Bonchev–Trinajstić information content (AvgIpc) is 2.46. The van der Waals surface area contributed by atoms with Crippen LogP contribution in [0.1, 0.15) is 11.1 Å². The fraction of sp³-hybridized carbons (Fsp3) is 0.286. The maximum Gasteiger partial charge on any atom is 0.220 e. The van der Waals surface area contributed by atoms with Crippen molar-refractivity contribution in [1.29, 1.82) is 0 Å². The number of nitrogens with zero attached hydrogens (tertiary/aromatic N) is 2. The molecule has 0 aliphatic heterocycles. The first kappa shape index (κ1) is 13.7. The molecule has 0 atom stereocenters. The van der Waals surface area contributed by atoms with Gasteiger partial charge in [-0.25, -0.2) is 0 Å². The van der Waals surface area contributed by atoms with E-state index < -0.39 is 0 Å². The number of methoxy groups -OCH3 is 2. The molecule has 0 fully saturated rings. The van der Waals surface area contributed by atoms with Crippen LogP contribution in [0.5, 0.6) is 11.8 Å². The Morgan fingerprint density at radius 3 is 2.26 bits per heavy atom. The maximum absolute atomic E-state index is 5.13. The Kier molecular flexibility index (Phi) is 4.63. The summed E-state index contributed by atoms with van der Waals surface area (Å²) in [5, 5.41) is 0.652. The maximum atomic E-state index is 5.13. The lowest BCUT2D eigenvalue weighted by Gasteiger charge is -2.07. The van der Waals surface area contributed by atoms with Gasteiger partial charge in [-0.3, -0.25) is 0 Å². The number of hydrogen-bond acceptors (Lipinski definition) is 5. The van der Waals surface area contributed by atoms with E-state index in [1.165, 1.54) is 11.1 Å². The molecule has 0 radical (unpaired) electrons. The van der Waals surface area contributed by atoms with Crippen LogP contribution in [-0.2, 0) is 5.75 Å². The van der Waals surface area contributed by atoms with Gasteiger partial charge in [-0.05, 0) is 18.1 Å². The number of aryl methyl sites for hydroxylation is 1. The van der Waals surface area contributed by atoms with Gasteiger partial charge in [-0.2, -0.15) is 9.97 Å². The molecule has 1 heterocycles. The van der Waals surface area contributed by atoms with E-state index >= 15 is 0 Å². The molecule has 0 aliphatic rings. The number of hydrogen-bond donors (Lipinski definition) is 0. The first-order chi connectivity index (χ1) is 9.22. The van der Waals surface area contributed by atoms with Crippen LogP contribution in [0.25, 0.3) is 0 Å². The second-order valence-corrected chi connectivity index (χ2v) is 4.89. The van der Waals surface area contributed by atoms with Crippen molar-refractivity contribution < 1.29 is 9.47 Å². The highest BCUT2D eigenvalue weighted by atomic mass is 32.2. The summed E-state index contributed by atoms with van der Waals surface area (Å²) < 4.78 is 10.3. The van der Waals surface area contributed by atoms with Gasteiger partial charge in [-0.1, -0.05) is 36.0 Å². The highest BCUT2D eigenvalue weighted by molar-refractivity contribution is 7.98. The Hall–Kier alpha value is -1.75. The fourth-order valence-electron chi connectivity index (χ4n) is 1.57. The van der Waals surface area contributed by atoms with Gasteiger partial charge in [0.15, 0.2) is 5.16 Å². The predicted octanol–water partition coefficient (Wildman–Crippen LogP) is 3.09. The van der Waals surface area contributed by atoms with Crippen molar-refractivity contribution in [3.05, 3.63) is 41.5 Å². The fourth-order valence-corrected chi connectivity index (χ4v) is 2.49. The van der Waals surface area contributed by atoms with Crippen molar-refractivity contribution in [2.75, 3.05) is 14.2 Å². The van der Waals surface area contributed by atoms with Crippen LogP contribution in [0.3, 0.4) is 0 Å². The van der Waals surface area contributed by atoms with E-state index in [4.69, 9.17) is 9.47 Å². The Morgan fingerprint density at radius 2 is 1.68 bits per heavy atom. The molecular weight excluding hydrogens is 260 g/mol. The van der Waals surface area contributed by atoms with Gasteiger partial charge in [0.1, 0.15) is 0 Å². The van der Waals surface area contributed by atoms with E-state index in [1.807, 2.05) is 12.1 Å². The Morgan fingerprint density at radius 1 is 1.05 bits per heavy atom. The van der Waals surface area contributed by atoms with Gasteiger partial charge in [0.25, 0.3) is 0 Å². The molecule has 0 aliphatic carbocycles. The number of benzene rings is 1. The smallest absolute Gasteiger partial charge is 0.220 e. The molecule has 1 aromatic heterocycles. The monoisotopic (exact) mass is 276 g/mol. The number of aromatic nitrogens is 2. The van der Waals surface area contributed by atoms with E-state index in [2.05, 4.69) is 29.0 Å². The molecule has 2 aromatic rings. The number of rotatable bonds is 5. The number of thioether (sulfide) groups is 1. The van der Waals surface area contributed by atoms with E-state index in [0.29, 0.717) is 16.9 Å². The average molecular weight is 276 g/mol. The lowest BCUT2D eigenvalue weighted by molar-refractivity contribution is 0.364. The first-order valence-corrected chi connectivity index (χ1v) is 6.86. The van der Waals surface area contributed by atoms with Crippen LogP contribution in [0.4, 0.5) is 0 Å². The van der Waals surface area contributed by atoms with Crippen LogP contribution in [0, 0.1) is 6.92 Å². The molecule has 100 valence electrons. The lowest BCUT2D eigenvalue weighted by atomic mass is 10.1. The van der Waals surface area contributed by atoms with Gasteiger partial charge in [0.05, 0.1) is 20.3 Å². The van der Waals surface area contributed by atoms with Crippen molar-refractivity contribution in [2.24, 2.45) is 0 Å². The molecule has 0 bridgehead atoms. The summed E-state index contributed by atoms with van der Waals surface area (Å²) in [6, 6.07) is 9.95. The van der Waals surface area contributed by atoms with Crippen LogP contribution >= 0.6 is 11.8 Å². The van der Waals surface area contributed by atoms with Crippen molar-refractivity contribution in [3.8, 4) is 11.8 Å². The van der Waals surface area contributed by atoms with Crippen LogP contribution < -0.4 is 9.47 Å². The summed E-state index contributed by atoms with van der Waals surface area (Å²) in [6.07, 6.45) is 0. The Labute approximate surface area is 117 Å². The van der Waals surface area contributed by atoms with E-state index in [1.54, 1.807) is 32.0 Å². The zero-order valence-electron chi connectivity index (χ0n) is 11.2. The number of ether oxygens (including phenoxy) is 2. The Balaban J connectivity index is 2.13. The molecular formula is C14H16N2O2S. The first-order valence-electron chi connectivity index (χ1n) is 5.87. The van der Waals surface area contributed by atoms with Crippen LogP contribution in [-0.4, -0.2) is 24.2 Å². The quantitative estimate of drug-likeness (QED) is 0.620. The van der Waals surface area contributed by atoms with Crippen molar-refractivity contribution in [1.82, 2.24) is 9.97 Å². The molecule has 19 heavy (non-hydrogen) atoms. The summed E-state index contributed by atoms with van der Waals surface area (Å²) >= 11 is 1.56. The molecule has 1 aromatic carbocycles. The minimum atomic E-state index is 0.513. The largest absolute Gasteiger partial charge is 0.481 e. The standard InChI is InChI=1S/C14H16N2O2S/c1-10-6-4-5-7-11(10)9-19-14-15-12(17-2)8-13(16-14)18-3/h4-8H,9H2,1-3H3. The predicted molar refractivity (Wildman–Crippen MR) is 75.9 cm³/mol. The molecule has 4 nitrogen and oxygen atoms in total. The third kappa shape index (κ3) is 3.61. The van der Waals surface area contributed by atoms with Crippen LogP contribution in [0.2, 0.25) is 0 Å². The molecule has 0 unspecified atom stereocenters. The van der Waals surface area contributed by atoms with Gasteiger partial charge in [0, 0.05) is 5.75 Å².